The standard InChI is InChI=1S/C20H22ClN5O/c21-14-5-6-17(23-12-14)13-7-9-26(10-8-13)20(27)16(22)11-19-15-3-1-2-4-18(15)24-25-19/h1-6,12-13,16H,7-11,22H2,(H,24,25). The van der Waals surface area contributed by atoms with E-state index in [4.69, 9.17) is 17.3 Å². The second kappa shape index (κ2) is 7.66. The zero-order valence-corrected chi connectivity index (χ0v) is 15.7. The summed E-state index contributed by atoms with van der Waals surface area (Å²) >= 11 is 5.91. The van der Waals surface area contributed by atoms with Gasteiger partial charge in [0.05, 0.1) is 16.6 Å². The van der Waals surface area contributed by atoms with Crippen LogP contribution in [0.25, 0.3) is 10.9 Å². The van der Waals surface area contributed by atoms with E-state index in [1.165, 1.54) is 0 Å². The van der Waals surface area contributed by atoms with Gasteiger partial charge in [-0.3, -0.25) is 14.9 Å². The van der Waals surface area contributed by atoms with Crippen molar-refractivity contribution in [3.05, 3.63) is 59.0 Å². The number of likely N-dealkylation sites (tertiary alicyclic amines) is 1. The smallest absolute Gasteiger partial charge is 0.239 e. The number of pyridine rings is 1. The van der Waals surface area contributed by atoms with Crippen molar-refractivity contribution in [1.82, 2.24) is 20.1 Å². The lowest BCUT2D eigenvalue weighted by atomic mass is 9.92. The van der Waals surface area contributed by atoms with E-state index in [-0.39, 0.29) is 5.91 Å². The number of aromatic nitrogens is 3. The summed E-state index contributed by atoms with van der Waals surface area (Å²) in [5.41, 5.74) is 9.07. The molecule has 3 N–H and O–H groups in total. The molecular weight excluding hydrogens is 362 g/mol. The maximum Gasteiger partial charge on any atom is 0.239 e. The molecule has 1 atom stereocenters. The molecule has 6 nitrogen and oxygen atoms in total. The third-order valence-electron chi connectivity index (χ3n) is 5.26. The molecule has 3 heterocycles. The van der Waals surface area contributed by atoms with E-state index >= 15 is 0 Å². The molecule has 1 saturated heterocycles. The van der Waals surface area contributed by atoms with E-state index in [2.05, 4.69) is 15.2 Å². The van der Waals surface area contributed by atoms with Crippen molar-refractivity contribution in [1.29, 1.82) is 0 Å². The molecule has 1 aliphatic rings. The van der Waals surface area contributed by atoms with Crippen LogP contribution in [0.5, 0.6) is 0 Å². The molecule has 27 heavy (non-hydrogen) atoms. The van der Waals surface area contributed by atoms with Crippen molar-refractivity contribution in [2.45, 2.75) is 31.2 Å². The highest BCUT2D eigenvalue weighted by Gasteiger charge is 2.28. The molecule has 0 bridgehead atoms. The van der Waals surface area contributed by atoms with Crippen molar-refractivity contribution < 1.29 is 4.79 Å². The topological polar surface area (TPSA) is 87.9 Å². The van der Waals surface area contributed by atoms with Gasteiger partial charge in [0.15, 0.2) is 0 Å². The van der Waals surface area contributed by atoms with Crippen molar-refractivity contribution >= 4 is 28.4 Å². The number of nitrogens with one attached hydrogen (secondary N) is 1. The maximum atomic E-state index is 12.8. The monoisotopic (exact) mass is 383 g/mol. The van der Waals surface area contributed by atoms with Crippen molar-refractivity contribution in [2.75, 3.05) is 13.1 Å². The SMILES string of the molecule is NC(Cc1[nH]nc2ccccc12)C(=O)N1CCC(c2ccc(Cl)cn2)CC1. The number of fused-ring (bicyclic) bond motifs is 1. The number of amides is 1. The Labute approximate surface area is 162 Å². The fourth-order valence-electron chi connectivity index (χ4n) is 3.74. The Bertz CT molecular complexity index is 931. The summed E-state index contributed by atoms with van der Waals surface area (Å²) in [6.45, 7) is 1.40. The van der Waals surface area contributed by atoms with Crippen LogP contribution in [0, 0.1) is 0 Å². The van der Waals surface area contributed by atoms with Gasteiger partial charge in [0.1, 0.15) is 0 Å². The lowest BCUT2D eigenvalue weighted by Gasteiger charge is -2.33. The van der Waals surface area contributed by atoms with Gasteiger partial charge in [-0.1, -0.05) is 29.8 Å². The zero-order valence-electron chi connectivity index (χ0n) is 14.9. The number of halogens is 1. The fraction of sp³-hybridized carbons (Fsp3) is 0.350. The molecule has 0 aliphatic carbocycles. The van der Waals surface area contributed by atoms with Gasteiger partial charge in [0, 0.05) is 48.4 Å². The lowest BCUT2D eigenvalue weighted by Crippen LogP contribution is -2.47. The number of hydrogen-bond donors (Lipinski definition) is 2. The van der Waals surface area contributed by atoms with E-state index in [0.717, 1.165) is 35.1 Å². The highest BCUT2D eigenvalue weighted by atomic mass is 35.5. The summed E-state index contributed by atoms with van der Waals surface area (Å²) in [6.07, 6.45) is 3.91. The van der Waals surface area contributed by atoms with Gasteiger partial charge in [0.25, 0.3) is 0 Å². The first-order valence-electron chi connectivity index (χ1n) is 9.19. The third-order valence-corrected chi connectivity index (χ3v) is 5.48. The number of rotatable bonds is 4. The number of carbonyl (C=O) groups is 1. The van der Waals surface area contributed by atoms with Crippen LogP contribution in [-0.4, -0.2) is 45.1 Å². The molecule has 1 aliphatic heterocycles. The molecule has 1 amide bonds. The number of benzene rings is 1. The van der Waals surface area contributed by atoms with Crippen LogP contribution in [0.15, 0.2) is 42.6 Å². The summed E-state index contributed by atoms with van der Waals surface area (Å²) in [4.78, 5) is 19.1. The Morgan fingerprint density at radius 3 is 2.78 bits per heavy atom. The second-order valence-corrected chi connectivity index (χ2v) is 7.47. The molecular formula is C20H22ClN5O. The first-order valence-corrected chi connectivity index (χ1v) is 9.57. The van der Waals surface area contributed by atoms with E-state index in [0.29, 0.717) is 30.5 Å². The summed E-state index contributed by atoms with van der Waals surface area (Å²) in [5.74, 6) is 0.357. The molecule has 0 spiro atoms. The average molecular weight is 384 g/mol. The van der Waals surface area contributed by atoms with Crippen LogP contribution >= 0.6 is 11.6 Å². The fourth-order valence-corrected chi connectivity index (χ4v) is 3.85. The number of piperidine rings is 1. The predicted octanol–water partition coefficient (Wildman–Crippen LogP) is 2.89. The third kappa shape index (κ3) is 3.82. The Balaban J connectivity index is 1.36. The summed E-state index contributed by atoms with van der Waals surface area (Å²) < 4.78 is 0. The van der Waals surface area contributed by atoms with Gasteiger partial charge in [-0.05, 0) is 31.0 Å². The molecule has 140 valence electrons. The average Bonchev–Trinajstić information content (AvgIpc) is 3.11. The number of aromatic amines is 1. The Kier molecular flexibility index (Phi) is 5.09. The number of nitrogens with zero attached hydrogens (tertiary/aromatic N) is 3. The molecule has 2 aromatic heterocycles. The van der Waals surface area contributed by atoms with Crippen molar-refractivity contribution in [3.63, 3.8) is 0 Å². The number of nitrogens with two attached hydrogens (primary N) is 1. The van der Waals surface area contributed by atoms with E-state index in [1.54, 1.807) is 6.20 Å². The van der Waals surface area contributed by atoms with Crippen LogP contribution in [-0.2, 0) is 11.2 Å². The largest absolute Gasteiger partial charge is 0.341 e. The van der Waals surface area contributed by atoms with Crippen LogP contribution in [0.2, 0.25) is 5.02 Å². The molecule has 3 aromatic rings. The molecule has 7 heteroatoms. The first-order chi connectivity index (χ1) is 13.1. The summed E-state index contributed by atoms with van der Waals surface area (Å²) in [5, 5.41) is 8.95. The van der Waals surface area contributed by atoms with Crippen molar-refractivity contribution in [3.8, 4) is 0 Å². The first kappa shape index (κ1) is 17.9. The Morgan fingerprint density at radius 2 is 2.04 bits per heavy atom. The summed E-state index contributed by atoms with van der Waals surface area (Å²) in [6, 6.07) is 11.1. The highest BCUT2D eigenvalue weighted by molar-refractivity contribution is 6.30. The molecule has 4 rings (SSSR count). The van der Waals surface area contributed by atoms with Gasteiger partial charge < -0.3 is 10.6 Å². The number of hydrogen-bond acceptors (Lipinski definition) is 4. The zero-order chi connectivity index (χ0) is 18.8. The van der Waals surface area contributed by atoms with Gasteiger partial charge in [-0.15, -0.1) is 0 Å². The molecule has 1 fully saturated rings. The Hall–Kier alpha value is -2.44. The van der Waals surface area contributed by atoms with Crippen molar-refractivity contribution in [2.24, 2.45) is 5.73 Å². The normalized spacial score (nSPS) is 16.6. The van der Waals surface area contributed by atoms with Gasteiger partial charge in [-0.25, -0.2) is 0 Å². The number of H-pyrrole nitrogens is 1. The molecule has 0 radical (unpaired) electrons. The lowest BCUT2D eigenvalue weighted by molar-refractivity contribution is -0.133. The van der Waals surface area contributed by atoms with E-state index in [9.17, 15) is 4.79 Å². The minimum absolute atomic E-state index is 0.00352. The highest BCUT2D eigenvalue weighted by Crippen LogP contribution is 2.27. The second-order valence-electron chi connectivity index (χ2n) is 7.03. The summed E-state index contributed by atoms with van der Waals surface area (Å²) in [7, 11) is 0. The maximum absolute atomic E-state index is 12.8. The Morgan fingerprint density at radius 1 is 1.26 bits per heavy atom. The number of carbonyl (C=O) groups excluding carboxylic acids is 1. The van der Waals surface area contributed by atoms with E-state index < -0.39 is 6.04 Å². The van der Waals surface area contributed by atoms with Gasteiger partial charge >= 0.3 is 0 Å². The van der Waals surface area contributed by atoms with Crippen LogP contribution in [0.1, 0.15) is 30.1 Å². The predicted molar refractivity (Wildman–Crippen MR) is 106 cm³/mol. The minimum atomic E-state index is -0.570. The minimum Gasteiger partial charge on any atom is -0.341 e. The van der Waals surface area contributed by atoms with Gasteiger partial charge in [-0.2, -0.15) is 5.10 Å². The molecule has 0 saturated carbocycles. The van der Waals surface area contributed by atoms with Crippen LogP contribution in [0.3, 0.4) is 0 Å². The molecule has 1 aromatic carbocycles. The van der Waals surface area contributed by atoms with Crippen LogP contribution in [0.4, 0.5) is 0 Å². The number of para-hydroxylation sites is 1. The van der Waals surface area contributed by atoms with Crippen LogP contribution < -0.4 is 5.73 Å². The quantitative estimate of drug-likeness (QED) is 0.725. The van der Waals surface area contributed by atoms with E-state index in [1.807, 2.05) is 41.3 Å². The van der Waals surface area contributed by atoms with Gasteiger partial charge in [0.2, 0.25) is 5.91 Å². The molecule has 1 unspecified atom stereocenters.